The van der Waals surface area contributed by atoms with Crippen molar-refractivity contribution in [3.63, 3.8) is 0 Å². The zero-order chi connectivity index (χ0) is 18.5. The molecule has 1 unspecified atom stereocenters. The van der Waals surface area contributed by atoms with Gasteiger partial charge in [-0.2, -0.15) is 0 Å². The van der Waals surface area contributed by atoms with Crippen LogP contribution in [0.2, 0.25) is 5.02 Å². The zero-order valence-corrected chi connectivity index (χ0v) is 16.7. The highest BCUT2D eigenvalue weighted by Gasteiger charge is 2.24. The molecule has 0 aromatic heterocycles. The summed E-state index contributed by atoms with van der Waals surface area (Å²) in [6.07, 6.45) is 12.2. The summed E-state index contributed by atoms with van der Waals surface area (Å²) < 4.78 is 0. The predicted molar refractivity (Wildman–Crippen MR) is 116 cm³/mol. The number of benzene rings is 2. The molecule has 134 valence electrons. The largest absolute Gasteiger partial charge is 0.0914 e. The third kappa shape index (κ3) is 4.19. The number of rotatable bonds is 3. The minimum Gasteiger partial charge on any atom is -0.0914 e. The van der Waals surface area contributed by atoms with E-state index in [1.807, 2.05) is 6.07 Å². The Morgan fingerprint density at radius 3 is 2.69 bits per heavy atom. The summed E-state index contributed by atoms with van der Waals surface area (Å²) in [6, 6.07) is 15.0. The fourth-order valence-electron chi connectivity index (χ4n) is 3.78. The highest BCUT2D eigenvalue weighted by atomic mass is 35.5. The van der Waals surface area contributed by atoms with Gasteiger partial charge < -0.3 is 0 Å². The number of hydrogen-bond donors (Lipinski definition) is 0. The molecule has 1 atom stereocenters. The van der Waals surface area contributed by atoms with Crippen LogP contribution in [0.3, 0.4) is 0 Å². The Morgan fingerprint density at radius 2 is 1.92 bits per heavy atom. The number of aryl methyl sites for hydroxylation is 2. The Morgan fingerprint density at radius 1 is 1.12 bits per heavy atom. The van der Waals surface area contributed by atoms with E-state index in [0.717, 1.165) is 24.3 Å². The van der Waals surface area contributed by atoms with Crippen LogP contribution in [0.5, 0.6) is 0 Å². The summed E-state index contributed by atoms with van der Waals surface area (Å²) in [5, 5.41) is 0.864. The third-order valence-electron chi connectivity index (χ3n) is 5.21. The maximum absolute atomic E-state index is 6.68. The quantitative estimate of drug-likeness (QED) is 0.388. The van der Waals surface area contributed by atoms with Crippen LogP contribution in [-0.2, 0) is 6.42 Å². The first-order valence-corrected chi connectivity index (χ1v) is 9.84. The lowest BCUT2D eigenvalue weighted by molar-refractivity contribution is 0.804. The van der Waals surface area contributed by atoms with Crippen LogP contribution in [0.25, 0.3) is 11.6 Å². The molecular weight excluding hydrogens is 336 g/mol. The minimum atomic E-state index is 0.363. The monoisotopic (exact) mass is 362 g/mol. The fraction of sp³-hybridized carbons (Fsp3) is 0.280. The van der Waals surface area contributed by atoms with E-state index in [4.69, 9.17) is 11.6 Å². The molecule has 0 N–H and O–H groups in total. The smallest absolute Gasteiger partial charge is 0.0484 e. The van der Waals surface area contributed by atoms with Crippen LogP contribution >= 0.6 is 11.6 Å². The van der Waals surface area contributed by atoms with Crippen LogP contribution in [0.4, 0.5) is 0 Å². The Hall–Kier alpha value is -2.05. The molecule has 3 rings (SSSR count). The van der Waals surface area contributed by atoms with Crippen LogP contribution in [0.15, 0.2) is 66.3 Å². The molecule has 1 aliphatic rings. The molecule has 26 heavy (non-hydrogen) atoms. The molecule has 1 heteroatoms. The van der Waals surface area contributed by atoms with Gasteiger partial charge in [-0.25, -0.2) is 0 Å². The van der Waals surface area contributed by atoms with Crippen molar-refractivity contribution >= 4 is 23.3 Å². The van der Waals surface area contributed by atoms with Gasteiger partial charge in [-0.1, -0.05) is 90.4 Å². The maximum Gasteiger partial charge on any atom is 0.0484 e. The standard InChI is InChI=1S/C25H27Cl/c1-4-5-6-11-21-14-15-22-12-8-13-24(26)25(22)23(19(21)3)17-20-10-7-9-18(2)16-20/h4-5,7-13,16-17,19H,6,14-15H2,1-3H3/b5-4-,21-11-,23-17+. The summed E-state index contributed by atoms with van der Waals surface area (Å²) in [7, 11) is 0. The van der Waals surface area contributed by atoms with E-state index in [1.165, 1.54) is 33.4 Å². The molecule has 2 aromatic carbocycles. The molecule has 0 amide bonds. The van der Waals surface area contributed by atoms with Gasteiger partial charge in [-0.3, -0.25) is 0 Å². The van der Waals surface area contributed by atoms with E-state index < -0.39 is 0 Å². The second-order valence-electron chi connectivity index (χ2n) is 7.09. The van der Waals surface area contributed by atoms with Crippen molar-refractivity contribution in [3.8, 4) is 0 Å². The van der Waals surface area contributed by atoms with E-state index in [1.54, 1.807) is 0 Å². The van der Waals surface area contributed by atoms with Gasteiger partial charge in [0.15, 0.2) is 0 Å². The average Bonchev–Trinajstić information content (AvgIpc) is 2.75. The first-order valence-electron chi connectivity index (χ1n) is 9.46. The van der Waals surface area contributed by atoms with Gasteiger partial charge in [0.1, 0.15) is 0 Å². The molecule has 0 spiro atoms. The molecule has 0 aliphatic heterocycles. The Kier molecular flexibility index (Phi) is 6.16. The van der Waals surface area contributed by atoms with E-state index in [-0.39, 0.29) is 0 Å². The van der Waals surface area contributed by atoms with Gasteiger partial charge >= 0.3 is 0 Å². The van der Waals surface area contributed by atoms with Crippen molar-refractivity contribution in [3.05, 3.63) is 93.5 Å². The lowest BCUT2D eigenvalue weighted by Crippen LogP contribution is -2.02. The first-order chi connectivity index (χ1) is 12.6. The van der Waals surface area contributed by atoms with Gasteiger partial charge in [-0.15, -0.1) is 0 Å². The minimum absolute atomic E-state index is 0.363. The van der Waals surface area contributed by atoms with Crippen molar-refractivity contribution in [1.29, 1.82) is 0 Å². The molecular formula is C25H27Cl. The zero-order valence-electron chi connectivity index (χ0n) is 15.9. The Balaban J connectivity index is 2.13. The van der Waals surface area contributed by atoms with Gasteiger partial charge in [0.25, 0.3) is 0 Å². The maximum atomic E-state index is 6.68. The highest BCUT2D eigenvalue weighted by molar-refractivity contribution is 6.32. The number of allylic oxidation sites excluding steroid dienone is 5. The van der Waals surface area contributed by atoms with Crippen molar-refractivity contribution in [2.24, 2.45) is 5.92 Å². The molecule has 0 fully saturated rings. The van der Waals surface area contributed by atoms with Crippen molar-refractivity contribution < 1.29 is 0 Å². The molecule has 0 saturated carbocycles. The SMILES string of the molecule is C/C=C\C/C=C1/CCc2cccc(Cl)c2/C(=C/c2cccc(C)c2)C1C. The molecule has 0 radical (unpaired) electrons. The summed E-state index contributed by atoms with van der Waals surface area (Å²) >= 11 is 6.68. The van der Waals surface area contributed by atoms with Crippen LogP contribution in [-0.4, -0.2) is 0 Å². The van der Waals surface area contributed by atoms with E-state index in [9.17, 15) is 0 Å². The molecule has 1 aliphatic carbocycles. The lowest BCUT2D eigenvalue weighted by Gasteiger charge is -2.19. The average molecular weight is 363 g/mol. The van der Waals surface area contributed by atoms with Gasteiger partial charge in [0.05, 0.1) is 0 Å². The van der Waals surface area contributed by atoms with Gasteiger partial charge in [0.2, 0.25) is 0 Å². The Bertz CT molecular complexity index is 867. The summed E-state index contributed by atoms with van der Waals surface area (Å²) in [4.78, 5) is 0. The van der Waals surface area contributed by atoms with Crippen molar-refractivity contribution in [2.75, 3.05) is 0 Å². The van der Waals surface area contributed by atoms with E-state index in [0.29, 0.717) is 5.92 Å². The number of hydrogen-bond acceptors (Lipinski definition) is 0. The van der Waals surface area contributed by atoms with Crippen LogP contribution in [0, 0.1) is 12.8 Å². The second kappa shape index (κ2) is 8.56. The molecule has 2 aromatic rings. The number of halogens is 1. The fourth-order valence-corrected chi connectivity index (χ4v) is 4.09. The first kappa shape index (κ1) is 18.7. The van der Waals surface area contributed by atoms with E-state index in [2.05, 4.69) is 81.5 Å². The second-order valence-corrected chi connectivity index (χ2v) is 7.50. The normalized spacial score (nSPS) is 20.5. The van der Waals surface area contributed by atoms with E-state index >= 15 is 0 Å². The topological polar surface area (TPSA) is 0 Å². The van der Waals surface area contributed by atoms with Gasteiger partial charge in [0, 0.05) is 16.5 Å². The highest BCUT2D eigenvalue weighted by Crippen LogP contribution is 2.41. The Labute approximate surface area is 162 Å². The summed E-state index contributed by atoms with van der Waals surface area (Å²) in [5.41, 5.74) is 7.96. The molecule has 0 heterocycles. The lowest BCUT2D eigenvalue weighted by atomic mass is 9.86. The summed E-state index contributed by atoms with van der Waals surface area (Å²) in [5.74, 6) is 0.363. The number of fused-ring (bicyclic) bond motifs is 1. The predicted octanol–water partition coefficient (Wildman–Crippen LogP) is 7.66. The van der Waals surface area contributed by atoms with Crippen molar-refractivity contribution in [2.45, 2.75) is 40.0 Å². The third-order valence-corrected chi connectivity index (χ3v) is 5.53. The van der Waals surface area contributed by atoms with Gasteiger partial charge in [-0.05, 0) is 55.9 Å². The van der Waals surface area contributed by atoms with Crippen molar-refractivity contribution in [1.82, 2.24) is 0 Å². The van der Waals surface area contributed by atoms with Crippen LogP contribution < -0.4 is 0 Å². The molecule has 0 nitrogen and oxygen atoms in total. The van der Waals surface area contributed by atoms with Crippen LogP contribution in [0.1, 0.15) is 48.9 Å². The molecule has 0 saturated heterocycles. The summed E-state index contributed by atoms with van der Waals surface area (Å²) in [6.45, 7) is 6.54. The molecule has 0 bridgehead atoms.